The molecule has 1 aromatic rings. The fourth-order valence-corrected chi connectivity index (χ4v) is 6.97. The first-order valence-electron chi connectivity index (χ1n) is 13.3. The second-order valence-electron chi connectivity index (χ2n) is 12.0. The van der Waals surface area contributed by atoms with Crippen LogP contribution in [0.4, 0.5) is 0 Å². The second kappa shape index (κ2) is 8.39. The molecule has 0 bridgehead atoms. The van der Waals surface area contributed by atoms with Crippen molar-refractivity contribution < 1.29 is 24.6 Å². The van der Waals surface area contributed by atoms with Crippen LogP contribution >= 0.6 is 0 Å². The van der Waals surface area contributed by atoms with Gasteiger partial charge in [-0.05, 0) is 41.9 Å². The zero-order valence-corrected chi connectivity index (χ0v) is 21.9. The van der Waals surface area contributed by atoms with Crippen LogP contribution in [0.3, 0.4) is 0 Å². The van der Waals surface area contributed by atoms with Crippen molar-refractivity contribution in [1.82, 2.24) is 31.1 Å². The van der Waals surface area contributed by atoms with Crippen LogP contribution < -0.4 is 21.3 Å². The van der Waals surface area contributed by atoms with Crippen LogP contribution in [0.1, 0.15) is 54.6 Å². The number of fused-ring (bicyclic) bond motifs is 1. The SMILES string of the molecule is CC1(C)CCc2c(cccc2C(=O)NC2CN3C(=N)N[C@@H](CN4C(=O)CCC4=O)[C@@H]4NC(=N)NC43C2(O)O)C1. The minimum atomic E-state index is -2.63. The van der Waals surface area contributed by atoms with Gasteiger partial charge >= 0.3 is 0 Å². The number of guanidine groups is 2. The summed E-state index contributed by atoms with van der Waals surface area (Å²) < 4.78 is 0. The van der Waals surface area contributed by atoms with Gasteiger partial charge in [-0.2, -0.15) is 0 Å². The van der Waals surface area contributed by atoms with Crippen LogP contribution in [0.15, 0.2) is 18.2 Å². The highest BCUT2D eigenvalue weighted by Crippen LogP contribution is 2.43. The monoisotopic (exact) mass is 538 g/mol. The van der Waals surface area contributed by atoms with E-state index in [1.165, 1.54) is 4.90 Å². The predicted octanol–water partition coefficient (Wildman–Crippen LogP) is -1.46. The van der Waals surface area contributed by atoms with E-state index in [9.17, 15) is 24.6 Å². The highest BCUT2D eigenvalue weighted by Gasteiger charge is 2.74. The lowest BCUT2D eigenvalue weighted by atomic mass is 9.73. The molecule has 39 heavy (non-hydrogen) atoms. The number of carbonyl (C=O) groups is 3. The number of hydrogen-bond acceptors (Lipinski definition) is 7. The van der Waals surface area contributed by atoms with Crippen molar-refractivity contribution >= 4 is 29.6 Å². The molecule has 13 heteroatoms. The maximum Gasteiger partial charge on any atom is 0.252 e. The van der Waals surface area contributed by atoms with Gasteiger partial charge in [0, 0.05) is 24.9 Å². The molecule has 0 radical (unpaired) electrons. The number of likely N-dealkylation sites (tertiary alicyclic amines) is 1. The van der Waals surface area contributed by atoms with Crippen LogP contribution in [0.25, 0.3) is 0 Å². The van der Waals surface area contributed by atoms with Gasteiger partial charge in [-0.1, -0.05) is 26.0 Å². The summed E-state index contributed by atoms with van der Waals surface area (Å²) in [5, 5.41) is 51.7. The Morgan fingerprint density at radius 3 is 2.56 bits per heavy atom. The summed E-state index contributed by atoms with van der Waals surface area (Å²) in [6, 6.07) is 2.65. The number of rotatable bonds is 4. The molecule has 4 atom stereocenters. The molecule has 3 amide bonds. The van der Waals surface area contributed by atoms with Gasteiger partial charge in [0.25, 0.3) is 5.91 Å². The van der Waals surface area contributed by atoms with Gasteiger partial charge in [-0.3, -0.25) is 30.1 Å². The van der Waals surface area contributed by atoms with Crippen molar-refractivity contribution in [2.24, 2.45) is 5.41 Å². The standard InChI is InChI=1S/C26H34N8O5/c1-24(2)9-8-14-13(10-24)4-3-5-15(14)21(37)30-17-12-34-23(28)29-16(11-33-18(35)6-7-19(33)36)20-25(34,26(17,38)39)32-22(27)31-20/h3-5,16-17,20,38-39H,6-12H2,1-2H3,(H2,28,29)(H,30,37)(H3,27,31,32)/t16-,17?,20-,25?/m0/s1. The first-order chi connectivity index (χ1) is 18.3. The van der Waals surface area contributed by atoms with Crippen molar-refractivity contribution in [3.63, 3.8) is 0 Å². The van der Waals surface area contributed by atoms with Gasteiger partial charge in [-0.25, -0.2) is 0 Å². The van der Waals surface area contributed by atoms with E-state index in [0.29, 0.717) is 5.56 Å². The van der Waals surface area contributed by atoms with Crippen molar-refractivity contribution in [3.8, 4) is 0 Å². The van der Waals surface area contributed by atoms with Crippen molar-refractivity contribution in [3.05, 3.63) is 34.9 Å². The second-order valence-corrected chi connectivity index (χ2v) is 12.0. The lowest BCUT2D eigenvalue weighted by Crippen LogP contribution is -2.81. The zero-order chi connectivity index (χ0) is 27.9. The summed E-state index contributed by atoms with van der Waals surface area (Å²) >= 11 is 0. The molecular weight excluding hydrogens is 504 g/mol. The van der Waals surface area contributed by atoms with E-state index < -0.39 is 35.5 Å². The van der Waals surface area contributed by atoms with E-state index in [0.717, 1.165) is 35.3 Å². The number of hydrogen-bond donors (Lipinski definition) is 8. The first kappa shape index (κ1) is 25.6. The van der Waals surface area contributed by atoms with Crippen molar-refractivity contribution in [2.45, 2.75) is 75.5 Å². The third-order valence-electron chi connectivity index (χ3n) is 8.98. The van der Waals surface area contributed by atoms with Crippen LogP contribution in [0, 0.1) is 16.2 Å². The molecule has 4 fully saturated rings. The van der Waals surface area contributed by atoms with Crippen molar-refractivity contribution in [1.29, 1.82) is 10.8 Å². The van der Waals surface area contributed by atoms with E-state index in [1.807, 2.05) is 12.1 Å². The topological polar surface area (TPSA) is 194 Å². The number of aliphatic hydroxyl groups is 2. The van der Waals surface area contributed by atoms with Crippen LogP contribution in [0.2, 0.25) is 0 Å². The molecule has 208 valence electrons. The number of nitrogens with one attached hydrogen (secondary N) is 6. The molecule has 0 saturated carbocycles. The highest BCUT2D eigenvalue weighted by molar-refractivity contribution is 6.02. The highest BCUT2D eigenvalue weighted by atomic mass is 16.5. The van der Waals surface area contributed by atoms with E-state index in [1.54, 1.807) is 6.07 Å². The van der Waals surface area contributed by atoms with Gasteiger partial charge in [0.2, 0.25) is 17.6 Å². The minimum Gasteiger partial charge on any atom is -0.361 e. The fourth-order valence-electron chi connectivity index (χ4n) is 6.97. The maximum absolute atomic E-state index is 13.5. The predicted molar refractivity (Wildman–Crippen MR) is 138 cm³/mol. The summed E-state index contributed by atoms with van der Waals surface area (Å²) in [5.74, 6) is -4.13. The lowest BCUT2D eigenvalue weighted by molar-refractivity contribution is -0.232. The molecule has 1 spiro atoms. The summed E-state index contributed by atoms with van der Waals surface area (Å²) in [6.45, 7) is 4.16. The molecule has 2 unspecified atom stereocenters. The van der Waals surface area contributed by atoms with Crippen LogP contribution in [-0.2, 0) is 22.4 Å². The third-order valence-corrected chi connectivity index (χ3v) is 8.98. The van der Waals surface area contributed by atoms with Crippen LogP contribution in [0.5, 0.6) is 0 Å². The largest absolute Gasteiger partial charge is 0.361 e. The Balaban J connectivity index is 1.29. The molecular formula is C26H34N8O5. The van der Waals surface area contributed by atoms with Gasteiger partial charge in [-0.15, -0.1) is 0 Å². The molecule has 1 aliphatic carbocycles. The summed E-state index contributed by atoms with van der Waals surface area (Å²) in [5.41, 5.74) is 0.881. The Bertz CT molecular complexity index is 1300. The average Bonchev–Trinajstić information content (AvgIpc) is 3.45. The number of amides is 3. The van der Waals surface area contributed by atoms with E-state index in [4.69, 9.17) is 10.8 Å². The molecule has 6 rings (SSSR count). The molecule has 4 saturated heterocycles. The van der Waals surface area contributed by atoms with Gasteiger partial charge in [0.1, 0.15) is 6.04 Å². The quantitative estimate of drug-likeness (QED) is 0.167. The number of imide groups is 1. The summed E-state index contributed by atoms with van der Waals surface area (Å²) in [7, 11) is 0. The Morgan fingerprint density at radius 2 is 1.85 bits per heavy atom. The van der Waals surface area contributed by atoms with Crippen LogP contribution in [-0.4, -0.2) is 92.3 Å². The number of nitrogens with zero attached hydrogens (tertiary/aromatic N) is 2. The Labute approximate surface area is 225 Å². The molecule has 1 aromatic carbocycles. The molecule has 4 aliphatic heterocycles. The Morgan fingerprint density at radius 1 is 1.13 bits per heavy atom. The molecule has 5 aliphatic rings. The van der Waals surface area contributed by atoms with E-state index >= 15 is 0 Å². The van der Waals surface area contributed by atoms with E-state index in [-0.39, 0.29) is 55.1 Å². The minimum absolute atomic E-state index is 0.102. The normalized spacial score (nSPS) is 32.2. The molecule has 13 nitrogen and oxygen atoms in total. The lowest BCUT2D eigenvalue weighted by Gasteiger charge is -2.51. The van der Waals surface area contributed by atoms with Crippen molar-refractivity contribution in [2.75, 3.05) is 13.1 Å². The fraction of sp³-hybridized carbons (Fsp3) is 0.577. The molecule has 4 heterocycles. The maximum atomic E-state index is 13.5. The smallest absolute Gasteiger partial charge is 0.252 e. The van der Waals surface area contributed by atoms with Gasteiger partial charge in [0.05, 0.1) is 18.6 Å². The number of carbonyl (C=O) groups excluding carboxylic acids is 3. The number of benzene rings is 1. The van der Waals surface area contributed by atoms with E-state index in [2.05, 4.69) is 35.1 Å². The molecule has 0 aromatic heterocycles. The Kier molecular flexibility index (Phi) is 5.50. The summed E-state index contributed by atoms with van der Waals surface area (Å²) in [4.78, 5) is 40.6. The average molecular weight is 539 g/mol. The third kappa shape index (κ3) is 3.70. The zero-order valence-electron chi connectivity index (χ0n) is 21.9. The first-order valence-corrected chi connectivity index (χ1v) is 13.3. The molecule has 8 N–H and O–H groups in total. The van der Waals surface area contributed by atoms with Gasteiger partial charge in [0.15, 0.2) is 17.6 Å². The van der Waals surface area contributed by atoms with Gasteiger partial charge < -0.3 is 36.4 Å². The summed E-state index contributed by atoms with van der Waals surface area (Å²) in [6.07, 6.45) is 2.72. The Hall–Kier alpha value is -3.71.